The third kappa shape index (κ3) is 4.47. The van der Waals surface area contributed by atoms with Gasteiger partial charge in [0.2, 0.25) is 11.9 Å². The first-order valence-electron chi connectivity index (χ1n) is 7.74. The Balaban J connectivity index is 1.57. The van der Waals surface area contributed by atoms with Gasteiger partial charge in [-0.1, -0.05) is 17.7 Å². The Morgan fingerprint density at radius 1 is 1.35 bits per heavy atom. The van der Waals surface area contributed by atoms with Gasteiger partial charge >= 0.3 is 0 Å². The number of hydrogen-bond acceptors (Lipinski definition) is 4. The van der Waals surface area contributed by atoms with Crippen LogP contribution in [0.1, 0.15) is 17.7 Å². The number of rotatable bonds is 6. The van der Waals surface area contributed by atoms with Crippen LogP contribution < -0.4 is 5.32 Å². The molecule has 3 rings (SSSR count). The third-order valence-corrected chi connectivity index (χ3v) is 4.76. The van der Waals surface area contributed by atoms with E-state index >= 15 is 0 Å². The summed E-state index contributed by atoms with van der Waals surface area (Å²) in [6, 6.07) is 4.47. The number of nitrogens with one attached hydrogen (secondary N) is 1. The Bertz CT molecular complexity index is 901. The van der Waals surface area contributed by atoms with Gasteiger partial charge < -0.3 is 0 Å². The SMILES string of the molecule is Cc1nn(CCC(=O)Nc2ncn(Cc3c(F)cccc3Cl)n2)cc1Br. The van der Waals surface area contributed by atoms with Gasteiger partial charge in [0.25, 0.3) is 0 Å². The zero-order chi connectivity index (χ0) is 18.7. The number of aryl methyl sites for hydroxylation is 2. The average Bonchev–Trinajstić information content (AvgIpc) is 3.16. The van der Waals surface area contributed by atoms with Crippen LogP contribution in [0, 0.1) is 12.7 Å². The van der Waals surface area contributed by atoms with Gasteiger partial charge in [0, 0.05) is 29.7 Å². The summed E-state index contributed by atoms with van der Waals surface area (Å²) in [5.74, 6) is -0.504. The van der Waals surface area contributed by atoms with Gasteiger partial charge in [-0.05, 0) is 35.0 Å². The summed E-state index contributed by atoms with van der Waals surface area (Å²) >= 11 is 9.37. The van der Waals surface area contributed by atoms with Crippen LogP contribution in [-0.4, -0.2) is 30.5 Å². The quantitative estimate of drug-likeness (QED) is 0.636. The molecule has 1 aromatic carbocycles. The van der Waals surface area contributed by atoms with Crippen LogP contribution in [0.4, 0.5) is 10.3 Å². The Kier molecular flexibility index (Phi) is 5.67. The van der Waals surface area contributed by atoms with Crippen molar-refractivity contribution in [3.8, 4) is 0 Å². The number of carbonyl (C=O) groups is 1. The summed E-state index contributed by atoms with van der Waals surface area (Å²) in [4.78, 5) is 16.0. The van der Waals surface area contributed by atoms with E-state index < -0.39 is 5.82 Å². The van der Waals surface area contributed by atoms with Crippen LogP contribution in [-0.2, 0) is 17.9 Å². The average molecular weight is 442 g/mol. The first kappa shape index (κ1) is 18.5. The first-order valence-corrected chi connectivity index (χ1v) is 8.91. The summed E-state index contributed by atoms with van der Waals surface area (Å²) in [5, 5.41) is 11.3. The van der Waals surface area contributed by atoms with Crippen molar-refractivity contribution in [3.63, 3.8) is 0 Å². The number of hydrogen-bond donors (Lipinski definition) is 1. The lowest BCUT2D eigenvalue weighted by atomic mass is 10.2. The molecule has 0 saturated carbocycles. The highest BCUT2D eigenvalue weighted by Gasteiger charge is 2.11. The number of aromatic nitrogens is 5. The summed E-state index contributed by atoms with van der Waals surface area (Å²) in [6.07, 6.45) is 3.45. The van der Waals surface area contributed by atoms with E-state index in [4.69, 9.17) is 11.6 Å². The van der Waals surface area contributed by atoms with Crippen LogP contribution in [0.3, 0.4) is 0 Å². The van der Waals surface area contributed by atoms with Gasteiger partial charge in [0.1, 0.15) is 12.1 Å². The molecular weight excluding hydrogens is 427 g/mol. The van der Waals surface area contributed by atoms with Gasteiger partial charge in [-0.15, -0.1) is 5.10 Å². The summed E-state index contributed by atoms with van der Waals surface area (Å²) in [6.45, 7) is 2.43. The molecule has 0 aliphatic heterocycles. The van der Waals surface area contributed by atoms with E-state index in [1.165, 1.54) is 23.1 Å². The highest BCUT2D eigenvalue weighted by molar-refractivity contribution is 9.10. The Morgan fingerprint density at radius 2 is 2.15 bits per heavy atom. The predicted octanol–water partition coefficient (Wildman–Crippen LogP) is 3.42. The lowest BCUT2D eigenvalue weighted by molar-refractivity contribution is -0.116. The molecule has 0 unspecified atom stereocenters. The van der Waals surface area contributed by atoms with Crippen LogP contribution in [0.25, 0.3) is 0 Å². The van der Waals surface area contributed by atoms with Gasteiger partial charge in [-0.3, -0.25) is 14.8 Å². The van der Waals surface area contributed by atoms with E-state index in [9.17, 15) is 9.18 Å². The second-order valence-corrected chi connectivity index (χ2v) is 6.85. The molecule has 1 amide bonds. The van der Waals surface area contributed by atoms with Crippen LogP contribution in [0.15, 0.2) is 35.2 Å². The van der Waals surface area contributed by atoms with Crippen molar-refractivity contribution >= 4 is 39.4 Å². The highest BCUT2D eigenvalue weighted by atomic mass is 79.9. The minimum atomic E-state index is -0.417. The lowest BCUT2D eigenvalue weighted by Gasteiger charge is -2.05. The van der Waals surface area contributed by atoms with Gasteiger partial charge in [0.15, 0.2) is 0 Å². The topological polar surface area (TPSA) is 77.6 Å². The Morgan fingerprint density at radius 3 is 2.85 bits per heavy atom. The minimum absolute atomic E-state index is 0.120. The fraction of sp³-hybridized carbons (Fsp3) is 0.250. The molecule has 2 aromatic heterocycles. The summed E-state index contributed by atoms with van der Waals surface area (Å²) in [7, 11) is 0. The first-order chi connectivity index (χ1) is 12.4. The monoisotopic (exact) mass is 440 g/mol. The number of amides is 1. The summed E-state index contributed by atoms with van der Waals surface area (Å²) in [5.41, 5.74) is 1.18. The summed E-state index contributed by atoms with van der Waals surface area (Å²) < 4.78 is 17.8. The van der Waals surface area contributed by atoms with Crippen molar-refractivity contribution in [1.82, 2.24) is 24.5 Å². The van der Waals surface area contributed by atoms with E-state index in [0.717, 1.165) is 10.2 Å². The Hall–Kier alpha value is -2.26. The van der Waals surface area contributed by atoms with E-state index in [-0.39, 0.29) is 24.8 Å². The molecule has 1 N–H and O–H groups in total. The maximum absolute atomic E-state index is 13.8. The standard InChI is InChI=1S/C16H15BrClFN6O/c1-10-12(17)8-24(22-10)6-5-15(26)21-16-20-9-25(23-16)7-11-13(18)3-2-4-14(11)19/h2-4,8-9H,5-7H2,1H3,(H,21,23,26). The lowest BCUT2D eigenvalue weighted by Crippen LogP contribution is -2.16. The fourth-order valence-corrected chi connectivity index (χ4v) is 2.82. The smallest absolute Gasteiger partial charge is 0.248 e. The molecule has 0 radical (unpaired) electrons. The number of benzene rings is 1. The highest BCUT2D eigenvalue weighted by Crippen LogP contribution is 2.20. The van der Waals surface area contributed by atoms with Crippen molar-refractivity contribution in [1.29, 1.82) is 0 Å². The normalized spacial score (nSPS) is 10.9. The van der Waals surface area contributed by atoms with E-state index in [0.29, 0.717) is 17.1 Å². The molecular formula is C16H15BrClFN6O. The van der Waals surface area contributed by atoms with Crippen molar-refractivity contribution < 1.29 is 9.18 Å². The van der Waals surface area contributed by atoms with Crippen molar-refractivity contribution in [2.45, 2.75) is 26.4 Å². The van der Waals surface area contributed by atoms with Gasteiger partial charge in [-0.2, -0.15) is 5.10 Å². The number of anilines is 1. The fourth-order valence-electron chi connectivity index (χ4n) is 2.28. The Labute approximate surface area is 162 Å². The van der Waals surface area contributed by atoms with Gasteiger partial charge in [0.05, 0.1) is 16.7 Å². The van der Waals surface area contributed by atoms with Gasteiger partial charge in [-0.25, -0.2) is 14.1 Å². The van der Waals surface area contributed by atoms with E-state index in [1.807, 2.05) is 13.1 Å². The number of carbonyl (C=O) groups excluding carboxylic acids is 1. The second-order valence-electron chi connectivity index (χ2n) is 5.59. The molecule has 0 bridgehead atoms. The van der Waals surface area contributed by atoms with Crippen molar-refractivity contribution in [2.24, 2.45) is 0 Å². The molecule has 0 saturated heterocycles. The minimum Gasteiger partial charge on any atom is -0.293 e. The second kappa shape index (κ2) is 7.96. The molecule has 26 heavy (non-hydrogen) atoms. The predicted molar refractivity (Wildman–Crippen MR) is 98.4 cm³/mol. The zero-order valence-electron chi connectivity index (χ0n) is 13.8. The maximum atomic E-state index is 13.8. The zero-order valence-corrected chi connectivity index (χ0v) is 16.1. The van der Waals surface area contributed by atoms with Crippen molar-refractivity contribution in [3.05, 3.63) is 57.3 Å². The molecule has 0 fully saturated rings. The molecule has 3 aromatic rings. The third-order valence-electron chi connectivity index (χ3n) is 3.62. The molecule has 0 spiro atoms. The number of nitrogens with zero attached hydrogens (tertiary/aromatic N) is 5. The maximum Gasteiger partial charge on any atom is 0.248 e. The van der Waals surface area contributed by atoms with E-state index in [1.54, 1.807) is 10.7 Å². The molecule has 10 heteroatoms. The molecule has 2 heterocycles. The largest absolute Gasteiger partial charge is 0.293 e. The molecule has 0 atom stereocenters. The molecule has 0 aliphatic rings. The molecule has 136 valence electrons. The number of halogens is 3. The molecule has 0 aliphatic carbocycles. The van der Waals surface area contributed by atoms with E-state index in [2.05, 4.69) is 36.4 Å². The molecule has 7 nitrogen and oxygen atoms in total. The van der Waals surface area contributed by atoms with Crippen LogP contribution in [0.5, 0.6) is 0 Å². The van der Waals surface area contributed by atoms with Crippen molar-refractivity contribution in [2.75, 3.05) is 5.32 Å². The van der Waals surface area contributed by atoms with Crippen LogP contribution >= 0.6 is 27.5 Å². The van der Waals surface area contributed by atoms with Crippen LogP contribution in [0.2, 0.25) is 5.02 Å².